The van der Waals surface area contributed by atoms with Gasteiger partial charge in [-0.25, -0.2) is 4.98 Å². The van der Waals surface area contributed by atoms with E-state index in [9.17, 15) is 14.4 Å². The molecule has 1 N–H and O–H groups in total. The van der Waals surface area contributed by atoms with E-state index in [-0.39, 0.29) is 11.5 Å². The Labute approximate surface area is 109 Å². The van der Waals surface area contributed by atoms with E-state index in [1.165, 1.54) is 29.9 Å². The van der Waals surface area contributed by atoms with Crippen molar-refractivity contribution in [3.8, 4) is 0 Å². The van der Waals surface area contributed by atoms with E-state index in [1.54, 1.807) is 7.05 Å². The summed E-state index contributed by atoms with van der Waals surface area (Å²) in [7, 11) is 4.55. The summed E-state index contributed by atoms with van der Waals surface area (Å²) in [4.78, 5) is 41.8. The molecule has 2 heterocycles. The molecular weight excluding hydrogens is 252 g/mol. The monoisotopic (exact) mass is 266 g/mol. The van der Waals surface area contributed by atoms with Crippen molar-refractivity contribution in [1.82, 2.24) is 14.5 Å². The lowest BCUT2D eigenvalue weighted by atomic mass is 10.1. The van der Waals surface area contributed by atoms with Gasteiger partial charge in [0.15, 0.2) is 11.5 Å². The van der Waals surface area contributed by atoms with Crippen LogP contribution in [0, 0.1) is 0 Å². The lowest BCUT2D eigenvalue weighted by Crippen LogP contribution is -2.47. The fourth-order valence-corrected chi connectivity index (χ4v) is 2.10. The second-order valence-electron chi connectivity index (χ2n) is 4.45. The Morgan fingerprint density at radius 3 is 2.58 bits per heavy atom. The number of carboxylic acid groups (broad SMARTS) is 1. The molecular formula is C11H14N4O4. The molecule has 0 spiro atoms. The average Bonchev–Trinajstić information content (AvgIpc) is 2.71. The second-order valence-corrected chi connectivity index (χ2v) is 4.45. The van der Waals surface area contributed by atoms with Gasteiger partial charge < -0.3 is 14.6 Å². The minimum absolute atomic E-state index is 0.247. The Morgan fingerprint density at radius 2 is 2.00 bits per heavy atom. The number of nitrogens with zero attached hydrogens (tertiary/aromatic N) is 4. The molecule has 0 fully saturated rings. The SMILES string of the molecule is CN1C(=O)C(CC(=O)O)N(C)C(=O)c2c1ncn2C. The molecule has 2 rings (SSSR count). The molecule has 1 atom stereocenters. The molecule has 8 nitrogen and oxygen atoms in total. The van der Waals surface area contributed by atoms with E-state index in [0.29, 0.717) is 0 Å². The van der Waals surface area contributed by atoms with Gasteiger partial charge in [0.25, 0.3) is 11.8 Å². The molecule has 0 saturated carbocycles. The molecule has 1 aliphatic heterocycles. The van der Waals surface area contributed by atoms with Gasteiger partial charge in [-0.1, -0.05) is 0 Å². The summed E-state index contributed by atoms with van der Waals surface area (Å²) in [5.41, 5.74) is 0.270. The van der Waals surface area contributed by atoms with E-state index in [0.717, 1.165) is 4.90 Å². The van der Waals surface area contributed by atoms with Crippen molar-refractivity contribution in [3.63, 3.8) is 0 Å². The molecule has 1 aromatic rings. The third-order valence-electron chi connectivity index (χ3n) is 3.21. The van der Waals surface area contributed by atoms with Crippen LogP contribution in [0.15, 0.2) is 6.33 Å². The van der Waals surface area contributed by atoms with E-state index in [2.05, 4.69) is 4.98 Å². The first kappa shape index (κ1) is 13.1. The number of amides is 2. The highest BCUT2D eigenvalue weighted by atomic mass is 16.4. The number of hydrogen-bond acceptors (Lipinski definition) is 4. The summed E-state index contributed by atoms with van der Waals surface area (Å²) < 4.78 is 1.51. The number of carbonyl (C=O) groups excluding carboxylic acids is 2. The molecule has 1 aliphatic rings. The quantitative estimate of drug-likeness (QED) is 0.764. The first-order chi connectivity index (χ1) is 8.84. The molecule has 1 unspecified atom stereocenters. The predicted molar refractivity (Wildman–Crippen MR) is 64.8 cm³/mol. The Hall–Kier alpha value is -2.38. The number of aryl methyl sites for hydroxylation is 1. The number of hydrogen-bond donors (Lipinski definition) is 1. The number of carbonyl (C=O) groups is 3. The van der Waals surface area contributed by atoms with Gasteiger partial charge in [-0.05, 0) is 0 Å². The number of fused-ring (bicyclic) bond motifs is 1. The zero-order chi connectivity index (χ0) is 14.3. The molecule has 102 valence electrons. The molecule has 2 amide bonds. The molecule has 0 saturated heterocycles. The summed E-state index contributed by atoms with van der Waals surface area (Å²) in [6.45, 7) is 0. The van der Waals surface area contributed by atoms with Crippen molar-refractivity contribution < 1.29 is 19.5 Å². The van der Waals surface area contributed by atoms with Crippen LogP contribution in [-0.4, -0.2) is 57.5 Å². The topological polar surface area (TPSA) is 95.7 Å². The van der Waals surface area contributed by atoms with Crippen molar-refractivity contribution in [2.24, 2.45) is 7.05 Å². The highest BCUT2D eigenvalue weighted by Crippen LogP contribution is 2.25. The van der Waals surface area contributed by atoms with E-state index < -0.39 is 30.2 Å². The smallest absolute Gasteiger partial charge is 0.305 e. The Bertz CT molecular complexity index is 565. The van der Waals surface area contributed by atoms with Gasteiger partial charge in [0.2, 0.25) is 0 Å². The van der Waals surface area contributed by atoms with Gasteiger partial charge in [0.1, 0.15) is 6.04 Å². The molecule has 8 heteroatoms. The van der Waals surface area contributed by atoms with Crippen LogP contribution in [0.2, 0.25) is 0 Å². The van der Waals surface area contributed by atoms with E-state index in [4.69, 9.17) is 5.11 Å². The number of likely N-dealkylation sites (N-methyl/N-ethyl adjacent to an activating group) is 2. The molecule has 1 aromatic heterocycles. The van der Waals surface area contributed by atoms with Crippen molar-refractivity contribution in [2.45, 2.75) is 12.5 Å². The van der Waals surface area contributed by atoms with Gasteiger partial charge in [-0.3, -0.25) is 19.3 Å². The number of imidazole rings is 1. The number of anilines is 1. The van der Waals surface area contributed by atoms with Crippen LogP contribution in [-0.2, 0) is 16.6 Å². The highest BCUT2D eigenvalue weighted by molar-refractivity contribution is 6.09. The minimum atomic E-state index is -1.13. The van der Waals surface area contributed by atoms with Crippen LogP contribution in [0.4, 0.5) is 5.82 Å². The molecule has 0 aliphatic carbocycles. The van der Waals surface area contributed by atoms with Gasteiger partial charge in [-0.15, -0.1) is 0 Å². The summed E-state index contributed by atoms with van der Waals surface area (Å²) in [5, 5.41) is 8.86. The maximum atomic E-state index is 12.3. The average molecular weight is 266 g/mol. The molecule has 0 bridgehead atoms. The second kappa shape index (κ2) is 4.38. The molecule has 0 radical (unpaired) electrons. The predicted octanol–water partition coefficient (Wildman–Crippen LogP) is -0.688. The van der Waals surface area contributed by atoms with Gasteiger partial charge >= 0.3 is 5.97 Å². The molecule has 0 aromatic carbocycles. The van der Waals surface area contributed by atoms with Crippen molar-refractivity contribution in [3.05, 3.63) is 12.0 Å². The summed E-state index contributed by atoms with van der Waals surface area (Å²) in [6, 6.07) is -1.02. The Kier molecular flexibility index (Phi) is 3.01. The normalized spacial score (nSPS) is 19.4. The fourth-order valence-electron chi connectivity index (χ4n) is 2.10. The van der Waals surface area contributed by atoms with Crippen LogP contribution in [0.25, 0.3) is 0 Å². The number of carboxylic acids is 1. The number of rotatable bonds is 2. The lowest BCUT2D eigenvalue weighted by molar-refractivity contribution is -0.140. The maximum absolute atomic E-state index is 12.3. The van der Waals surface area contributed by atoms with E-state index in [1.807, 2.05) is 0 Å². The number of aliphatic carboxylic acids is 1. The van der Waals surface area contributed by atoms with Crippen molar-refractivity contribution >= 4 is 23.6 Å². The minimum Gasteiger partial charge on any atom is -0.481 e. The summed E-state index contributed by atoms with van der Waals surface area (Å²) >= 11 is 0. The number of aromatic nitrogens is 2. The Morgan fingerprint density at radius 1 is 1.37 bits per heavy atom. The third-order valence-corrected chi connectivity index (χ3v) is 3.21. The first-order valence-electron chi connectivity index (χ1n) is 5.62. The van der Waals surface area contributed by atoms with Crippen LogP contribution >= 0.6 is 0 Å². The van der Waals surface area contributed by atoms with Crippen molar-refractivity contribution in [2.75, 3.05) is 19.0 Å². The fraction of sp³-hybridized carbons (Fsp3) is 0.455. The molecule has 19 heavy (non-hydrogen) atoms. The lowest BCUT2D eigenvalue weighted by Gasteiger charge is -2.24. The van der Waals surface area contributed by atoms with Crippen LogP contribution in [0.1, 0.15) is 16.9 Å². The third kappa shape index (κ3) is 1.94. The first-order valence-corrected chi connectivity index (χ1v) is 5.62. The van der Waals surface area contributed by atoms with Gasteiger partial charge in [0.05, 0.1) is 12.7 Å². The highest BCUT2D eigenvalue weighted by Gasteiger charge is 2.39. The van der Waals surface area contributed by atoms with Crippen LogP contribution in [0.5, 0.6) is 0 Å². The standard InChI is InChI=1S/C11H14N4O4/c1-13-5-12-9-8(13)11(19)14(2)6(4-7(16)17)10(18)15(9)3/h5-6H,4H2,1-3H3,(H,16,17). The van der Waals surface area contributed by atoms with E-state index >= 15 is 0 Å². The van der Waals surface area contributed by atoms with Crippen LogP contribution < -0.4 is 4.90 Å². The Balaban J connectivity index is 2.51. The zero-order valence-corrected chi connectivity index (χ0v) is 10.8. The largest absolute Gasteiger partial charge is 0.481 e. The van der Waals surface area contributed by atoms with Gasteiger partial charge in [-0.2, -0.15) is 0 Å². The summed E-state index contributed by atoms with van der Waals surface area (Å²) in [5.74, 6) is -1.77. The van der Waals surface area contributed by atoms with Crippen LogP contribution in [0.3, 0.4) is 0 Å². The van der Waals surface area contributed by atoms with Gasteiger partial charge in [0, 0.05) is 21.1 Å². The maximum Gasteiger partial charge on any atom is 0.305 e. The zero-order valence-electron chi connectivity index (χ0n) is 10.8. The summed E-state index contributed by atoms with van der Waals surface area (Å²) in [6.07, 6.45) is 1.01. The van der Waals surface area contributed by atoms with Crippen molar-refractivity contribution in [1.29, 1.82) is 0 Å².